The summed E-state index contributed by atoms with van der Waals surface area (Å²) in [6.07, 6.45) is 5.44. The second kappa shape index (κ2) is 16.6. The summed E-state index contributed by atoms with van der Waals surface area (Å²) in [7, 11) is -3.51. The van der Waals surface area contributed by atoms with Gasteiger partial charge in [0.05, 0.1) is 30.8 Å². The zero-order valence-electron chi connectivity index (χ0n) is 36.9. The molecule has 1 saturated carbocycles. The summed E-state index contributed by atoms with van der Waals surface area (Å²) in [5, 5.41) is 48.7. The van der Waals surface area contributed by atoms with Gasteiger partial charge in [0, 0.05) is 72.3 Å². The van der Waals surface area contributed by atoms with Crippen LogP contribution in [0, 0.1) is 11.3 Å². The van der Waals surface area contributed by atoms with Crippen LogP contribution in [-0.2, 0) is 62.9 Å². The van der Waals surface area contributed by atoms with Crippen molar-refractivity contribution in [1.29, 1.82) is 0 Å². The number of aliphatic hydroxyl groups is 4. The number of aliphatic hydroxyl groups excluding tert-OH is 2. The molecular formula is C46H58N4O14S. The molecule has 6 aliphatic rings. The summed E-state index contributed by atoms with van der Waals surface area (Å²) >= 11 is 0. The molecule has 6 heterocycles. The summed E-state index contributed by atoms with van der Waals surface area (Å²) < 4.78 is 43.0. The normalized spacial score (nSPS) is 34.7. The molecule has 10 atom stereocenters. The number of fused-ring (bicyclic) bond motifs is 6. The van der Waals surface area contributed by atoms with Crippen LogP contribution in [0.25, 0.3) is 10.9 Å². The molecule has 2 saturated heterocycles. The molecule has 1 aromatic heterocycles. The number of ether oxygens (including phenoxy) is 2. The van der Waals surface area contributed by atoms with Crippen LogP contribution in [0.5, 0.6) is 0 Å². The molecule has 1 amide bonds. The van der Waals surface area contributed by atoms with Crippen molar-refractivity contribution < 1.29 is 66.6 Å². The molecule has 1 aliphatic carbocycles. The summed E-state index contributed by atoms with van der Waals surface area (Å²) in [4.78, 5) is 65.8. The van der Waals surface area contributed by atoms with Crippen LogP contribution in [-0.4, -0.2) is 153 Å². The third kappa shape index (κ3) is 6.99. The van der Waals surface area contributed by atoms with Gasteiger partial charge in [-0.15, -0.1) is 0 Å². The Balaban J connectivity index is 0.00000109. The number of hydrogen-bond acceptors (Lipinski definition) is 14. The van der Waals surface area contributed by atoms with E-state index >= 15 is 4.79 Å². The quantitative estimate of drug-likeness (QED) is 0.0698. The van der Waals surface area contributed by atoms with Crippen molar-refractivity contribution in [2.45, 2.75) is 106 Å². The molecule has 3 fully saturated rings. The largest absolute Gasteiger partial charge is 0.467 e. The van der Waals surface area contributed by atoms with Gasteiger partial charge >= 0.3 is 22.3 Å². The van der Waals surface area contributed by atoms with Gasteiger partial charge in [0.1, 0.15) is 6.61 Å². The zero-order valence-corrected chi connectivity index (χ0v) is 37.7. The standard InChI is InChI=1S/C46H56N4O10.H2O4S/c1-5-42(57)20-28-21-45(36(55)24-52,37-31(12-16-48(22-28)25-42)30-10-7-8-11-34(30)47-37)32-19-33-35(18-29(32)23-51)50(26-53)39-44(33)14-17-49-15-9-13-43(6-2,38(44)49)40(60-27(3)54)46(39,58)41(56)59-4;1-5(2,3)4/h7-11,13,18-19,26,28,38-40,47,51-52,57-58H,5-6,12,14-17,20-25H2,1-4H3;(H2,1,2,3,4)/t28-,38+,39-,40-,42+,43-,44-,45-,46+;/m1./s1. The fourth-order valence-corrected chi connectivity index (χ4v) is 13.5. The molecule has 18 nitrogen and oxygen atoms in total. The molecule has 7 N–H and O–H groups in total. The van der Waals surface area contributed by atoms with Crippen LogP contribution in [0.1, 0.15) is 80.8 Å². The van der Waals surface area contributed by atoms with E-state index in [4.69, 9.17) is 27.0 Å². The smallest absolute Gasteiger partial charge is 0.394 e. The summed E-state index contributed by atoms with van der Waals surface area (Å²) in [5.74, 6) is -2.46. The van der Waals surface area contributed by atoms with E-state index in [-0.39, 0.29) is 12.3 Å². The predicted molar refractivity (Wildman–Crippen MR) is 234 cm³/mol. The number of piperidine rings is 1. The molecule has 65 heavy (non-hydrogen) atoms. The molecule has 3 aromatic rings. The molecule has 5 aliphatic heterocycles. The number of carbonyl (C=O) groups excluding carboxylic acids is 4. The highest BCUT2D eigenvalue weighted by Crippen LogP contribution is 2.68. The van der Waals surface area contributed by atoms with Gasteiger partial charge in [0.25, 0.3) is 0 Å². The van der Waals surface area contributed by atoms with Crippen molar-refractivity contribution in [3.05, 3.63) is 76.5 Å². The van der Waals surface area contributed by atoms with Gasteiger partial charge in [-0.1, -0.05) is 50.3 Å². The third-order valence-electron chi connectivity index (χ3n) is 15.7. The van der Waals surface area contributed by atoms with Crippen LogP contribution in [0.3, 0.4) is 0 Å². The number of carbonyl (C=O) groups is 4. The summed E-state index contributed by atoms with van der Waals surface area (Å²) in [6.45, 7) is 6.54. The number of Topliss-reactive ketones (excluding diaryl/α,β-unsaturated/α-hetero) is 1. The minimum Gasteiger partial charge on any atom is -0.467 e. The second-order valence-electron chi connectivity index (χ2n) is 18.8. The Kier molecular flexibility index (Phi) is 12.0. The van der Waals surface area contributed by atoms with Crippen molar-refractivity contribution in [3.63, 3.8) is 0 Å². The monoisotopic (exact) mass is 922 g/mol. The van der Waals surface area contributed by atoms with E-state index in [1.807, 2.05) is 56.3 Å². The first-order chi connectivity index (χ1) is 30.8. The lowest BCUT2D eigenvalue weighted by Gasteiger charge is -2.63. The number of benzene rings is 2. The number of hydrogen-bond donors (Lipinski definition) is 7. The summed E-state index contributed by atoms with van der Waals surface area (Å²) in [5.41, 5.74) is -3.39. The average molecular weight is 923 g/mol. The SMILES string of the molecule is CC[C@]1(O)C[C@H]2CN(CCc3c([nH]c4ccccc34)[C@@](C(=O)CO)(c3cc4c(cc3CO)N(C=O)[C@H]3[C@@](O)(C(=O)OC)[C@H](OC(C)=O)[C@]5(CC)C=CCN6CC[C@]43[C@@H]65)C2)C1.O=S(=O)(O)O. The number of esters is 2. The van der Waals surface area contributed by atoms with Gasteiger partial charge in [-0.2, -0.15) is 8.42 Å². The van der Waals surface area contributed by atoms with Gasteiger partial charge in [-0.25, -0.2) is 4.79 Å². The summed E-state index contributed by atoms with van der Waals surface area (Å²) in [6, 6.07) is 9.62. The van der Waals surface area contributed by atoms with Crippen LogP contribution < -0.4 is 4.90 Å². The Morgan fingerprint density at radius 3 is 2.35 bits per heavy atom. The minimum atomic E-state index is -4.67. The molecule has 352 valence electrons. The maximum Gasteiger partial charge on any atom is 0.394 e. The second-order valence-corrected chi connectivity index (χ2v) is 19.7. The number of H-pyrrole nitrogens is 1. The molecule has 9 rings (SSSR count). The van der Waals surface area contributed by atoms with Crippen molar-refractivity contribution in [3.8, 4) is 0 Å². The van der Waals surface area contributed by atoms with E-state index in [2.05, 4.69) is 14.8 Å². The van der Waals surface area contributed by atoms with Gasteiger partial charge in [-0.3, -0.25) is 33.3 Å². The number of anilines is 1. The van der Waals surface area contributed by atoms with Crippen molar-refractivity contribution in [2.75, 3.05) is 51.3 Å². The number of amides is 1. The Morgan fingerprint density at radius 1 is 1.00 bits per heavy atom. The maximum atomic E-state index is 15.3. The highest BCUT2D eigenvalue weighted by Gasteiger charge is 2.81. The molecule has 1 unspecified atom stereocenters. The number of aromatic amines is 1. The van der Waals surface area contributed by atoms with Crippen molar-refractivity contribution in [2.24, 2.45) is 11.3 Å². The Labute approximate surface area is 376 Å². The molecule has 0 radical (unpaired) electrons. The van der Waals surface area contributed by atoms with Gasteiger partial charge in [0.2, 0.25) is 12.0 Å². The van der Waals surface area contributed by atoms with E-state index < -0.39 is 87.0 Å². The highest BCUT2D eigenvalue weighted by molar-refractivity contribution is 7.79. The predicted octanol–water partition coefficient (Wildman–Crippen LogP) is 1.74. The lowest BCUT2D eigenvalue weighted by atomic mass is 9.47. The molecule has 2 aromatic carbocycles. The first kappa shape index (κ1) is 46.9. The molecule has 19 heteroatoms. The molecular weight excluding hydrogens is 865 g/mol. The average Bonchev–Trinajstić information content (AvgIpc) is 3.95. The number of aromatic nitrogens is 1. The minimum absolute atomic E-state index is 0.197. The lowest BCUT2D eigenvalue weighted by molar-refractivity contribution is -0.228. The number of nitrogens with one attached hydrogen (secondary N) is 1. The van der Waals surface area contributed by atoms with Gasteiger partial charge in [-0.05, 0) is 85.4 Å². The maximum absolute atomic E-state index is 15.3. The number of rotatable bonds is 9. The topological polar surface area (TPSA) is 268 Å². The number of ketones is 1. The van der Waals surface area contributed by atoms with E-state index in [0.29, 0.717) is 99.3 Å². The third-order valence-corrected chi connectivity index (χ3v) is 15.7. The highest BCUT2D eigenvalue weighted by atomic mass is 32.3. The van der Waals surface area contributed by atoms with Crippen LogP contribution in [0.4, 0.5) is 5.69 Å². The first-order valence-electron chi connectivity index (χ1n) is 22.1. The number of methoxy groups -OCH3 is 1. The van der Waals surface area contributed by atoms with Gasteiger partial charge < -0.3 is 39.8 Å². The number of para-hydroxylation sites is 1. The fourth-order valence-electron chi connectivity index (χ4n) is 13.5. The van der Waals surface area contributed by atoms with Crippen LogP contribution in [0.2, 0.25) is 0 Å². The zero-order chi connectivity index (χ0) is 47.1. The fraction of sp³-hybridized carbons (Fsp3) is 0.565. The Morgan fingerprint density at radius 2 is 1.72 bits per heavy atom. The van der Waals surface area contributed by atoms with Gasteiger partial charge in [0.15, 0.2) is 11.9 Å². The number of nitrogens with zero attached hydrogens (tertiary/aromatic N) is 3. The van der Waals surface area contributed by atoms with Crippen LogP contribution >= 0.6 is 0 Å². The first-order valence-corrected chi connectivity index (χ1v) is 23.5. The van der Waals surface area contributed by atoms with Crippen molar-refractivity contribution in [1.82, 2.24) is 14.8 Å². The molecule has 1 spiro atoms. The van der Waals surface area contributed by atoms with Crippen LogP contribution in [0.15, 0.2) is 48.6 Å². The van der Waals surface area contributed by atoms with E-state index in [1.165, 1.54) is 11.8 Å². The Bertz CT molecular complexity index is 2560. The van der Waals surface area contributed by atoms with E-state index in [0.717, 1.165) is 23.6 Å². The molecule has 2 bridgehead atoms. The van der Waals surface area contributed by atoms with Crippen molar-refractivity contribution >= 4 is 51.1 Å². The lowest BCUT2D eigenvalue weighted by Crippen LogP contribution is -2.81. The Hall–Kier alpha value is -4.57. The van der Waals surface area contributed by atoms with E-state index in [1.54, 1.807) is 6.07 Å². The van der Waals surface area contributed by atoms with E-state index in [9.17, 15) is 34.8 Å².